The molecule has 3 heteroatoms. The zero-order valence-electron chi connectivity index (χ0n) is 8.21. The van der Waals surface area contributed by atoms with Gasteiger partial charge in [0.15, 0.2) is 0 Å². The Hall–Kier alpha value is -1.35. The SMILES string of the molecule is C=C/C(CN(C)C)=C(\C=C)C(N)=O. The fraction of sp³-hybridized carbons (Fsp3) is 0.300. The van der Waals surface area contributed by atoms with Gasteiger partial charge in [0.1, 0.15) is 0 Å². The van der Waals surface area contributed by atoms with Crippen molar-refractivity contribution in [3.63, 3.8) is 0 Å². The van der Waals surface area contributed by atoms with Crippen LogP contribution in [0.4, 0.5) is 0 Å². The van der Waals surface area contributed by atoms with Crippen molar-refractivity contribution in [2.45, 2.75) is 0 Å². The maximum Gasteiger partial charge on any atom is 0.249 e. The molecule has 0 atom stereocenters. The minimum Gasteiger partial charge on any atom is -0.366 e. The van der Waals surface area contributed by atoms with Crippen molar-refractivity contribution in [3.8, 4) is 0 Å². The number of hydrogen-bond acceptors (Lipinski definition) is 2. The van der Waals surface area contributed by atoms with Crippen molar-refractivity contribution >= 4 is 5.91 Å². The Morgan fingerprint density at radius 1 is 1.38 bits per heavy atom. The number of nitrogens with two attached hydrogens (primary N) is 1. The van der Waals surface area contributed by atoms with Crippen LogP contribution in [0.25, 0.3) is 0 Å². The largest absolute Gasteiger partial charge is 0.366 e. The first kappa shape index (κ1) is 11.6. The van der Waals surface area contributed by atoms with Crippen LogP contribution in [-0.2, 0) is 4.79 Å². The van der Waals surface area contributed by atoms with E-state index in [0.29, 0.717) is 12.1 Å². The Bertz CT molecular complexity index is 252. The van der Waals surface area contributed by atoms with E-state index < -0.39 is 5.91 Å². The van der Waals surface area contributed by atoms with Gasteiger partial charge in [-0.25, -0.2) is 0 Å². The highest BCUT2D eigenvalue weighted by Gasteiger charge is 2.06. The summed E-state index contributed by atoms with van der Waals surface area (Å²) in [6.07, 6.45) is 3.09. The molecular formula is C10H16N2O. The summed E-state index contributed by atoms with van der Waals surface area (Å²) in [5.74, 6) is -0.466. The number of hydrogen-bond donors (Lipinski definition) is 1. The van der Waals surface area contributed by atoms with E-state index in [1.807, 2.05) is 19.0 Å². The second-order valence-corrected chi connectivity index (χ2v) is 2.95. The highest BCUT2D eigenvalue weighted by molar-refractivity contribution is 5.96. The Morgan fingerprint density at radius 2 is 1.92 bits per heavy atom. The van der Waals surface area contributed by atoms with Crippen LogP contribution < -0.4 is 5.73 Å². The Morgan fingerprint density at radius 3 is 2.15 bits per heavy atom. The van der Waals surface area contributed by atoms with Crippen LogP contribution in [-0.4, -0.2) is 31.4 Å². The van der Waals surface area contributed by atoms with Gasteiger partial charge in [0.25, 0.3) is 0 Å². The molecule has 2 N–H and O–H groups in total. The molecule has 0 aromatic carbocycles. The fourth-order valence-corrected chi connectivity index (χ4v) is 0.990. The highest BCUT2D eigenvalue weighted by atomic mass is 16.1. The van der Waals surface area contributed by atoms with Crippen LogP contribution in [0.3, 0.4) is 0 Å². The second-order valence-electron chi connectivity index (χ2n) is 2.95. The molecule has 0 aliphatic rings. The smallest absolute Gasteiger partial charge is 0.249 e. The maximum atomic E-state index is 10.9. The van der Waals surface area contributed by atoms with Crippen molar-refractivity contribution in [1.29, 1.82) is 0 Å². The molecule has 0 unspecified atom stereocenters. The van der Waals surface area contributed by atoms with Crippen LogP contribution in [0.15, 0.2) is 36.5 Å². The number of rotatable bonds is 5. The molecule has 0 saturated heterocycles. The molecule has 0 bridgehead atoms. The van der Waals surface area contributed by atoms with Gasteiger partial charge in [-0.2, -0.15) is 0 Å². The first-order valence-corrected chi connectivity index (χ1v) is 3.95. The molecule has 3 nitrogen and oxygen atoms in total. The molecule has 0 aliphatic heterocycles. The highest BCUT2D eigenvalue weighted by Crippen LogP contribution is 2.07. The van der Waals surface area contributed by atoms with Gasteiger partial charge < -0.3 is 10.6 Å². The summed E-state index contributed by atoms with van der Waals surface area (Å²) in [6, 6.07) is 0. The topological polar surface area (TPSA) is 46.3 Å². The fourth-order valence-electron chi connectivity index (χ4n) is 0.990. The van der Waals surface area contributed by atoms with E-state index in [2.05, 4.69) is 13.2 Å². The standard InChI is InChI=1S/C10H16N2O/c1-5-8(7-12(3)4)9(6-2)10(11)13/h5-6H,1-2,7H2,3-4H3,(H2,11,13)/b9-8-. The molecule has 0 fully saturated rings. The van der Waals surface area contributed by atoms with Crippen molar-refractivity contribution < 1.29 is 4.79 Å². The molecule has 0 aromatic heterocycles. The normalized spacial score (nSPS) is 12.2. The number of carbonyl (C=O) groups excluding carboxylic acids is 1. The minimum absolute atomic E-state index is 0.434. The van der Waals surface area contributed by atoms with Crippen LogP contribution in [0.2, 0.25) is 0 Å². The van der Waals surface area contributed by atoms with Gasteiger partial charge >= 0.3 is 0 Å². The number of nitrogens with zero attached hydrogens (tertiary/aromatic N) is 1. The molecule has 0 heterocycles. The summed E-state index contributed by atoms with van der Waals surface area (Å²) in [5.41, 5.74) is 6.40. The molecule has 0 spiro atoms. The second kappa shape index (κ2) is 5.32. The predicted octanol–water partition coefficient (Wildman–Crippen LogP) is 0.702. The van der Waals surface area contributed by atoms with E-state index >= 15 is 0 Å². The van der Waals surface area contributed by atoms with Gasteiger partial charge in [0, 0.05) is 12.1 Å². The van der Waals surface area contributed by atoms with Crippen molar-refractivity contribution in [1.82, 2.24) is 4.90 Å². The third-order valence-electron chi connectivity index (χ3n) is 1.55. The summed E-state index contributed by atoms with van der Waals surface area (Å²) >= 11 is 0. The predicted molar refractivity (Wildman–Crippen MR) is 55.2 cm³/mol. The van der Waals surface area contributed by atoms with E-state index in [-0.39, 0.29) is 0 Å². The maximum absolute atomic E-state index is 10.9. The van der Waals surface area contributed by atoms with E-state index in [1.165, 1.54) is 6.08 Å². The zero-order valence-corrected chi connectivity index (χ0v) is 8.21. The van der Waals surface area contributed by atoms with Crippen molar-refractivity contribution in [3.05, 3.63) is 36.5 Å². The molecule has 72 valence electrons. The quantitative estimate of drug-likeness (QED) is 0.500. The molecule has 0 aliphatic carbocycles. The van der Waals surface area contributed by atoms with Crippen LogP contribution >= 0.6 is 0 Å². The molecule has 13 heavy (non-hydrogen) atoms. The molecule has 0 saturated carbocycles. The lowest BCUT2D eigenvalue weighted by Crippen LogP contribution is -2.20. The third kappa shape index (κ3) is 3.71. The summed E-state index contributed by atoms with van der Waals surface area (Å²) in [4.78, 5) is 12.9. The molecule has 0 rings (SSSR count). The van der Waals surface area contributed by atoms with Gasteiger partial charge in [-0.3, -0.25) is 4.79 Å². The summed E-state index contributed by atoms with van der Waals surface area (Å²) in [7, 11) is 3.82. The lowest BCUT2D eigenvalue weighted by molar-refractivity contribution is -0.114. The van der Waals surface area contributed by atoms with Gasteiger partial charge in [0.2, 0.25) is 5.91 Å². The average molecular weight is 180 g/mol. The minimum atomic E-state index is -0.466. The van der Waals surface area contributed by atoms with Crippen LogP contribution in [0, 0.1) is 0 Å². The first-order valence-electron chi connectivity index (χ1n) is 3.95. The van der Waals surface area contributed by atoms with Gasteiger partial charge in [-0.15, -0.1) is 0 Å². The van der Waals surface area contributed by atoms with E-state index in [1.54, 1.807) is 6.08 Å². The average Bonchev–Trinajstić information content (AvgIpc) is 2.02. The lowest BCUT2D eigenvalue weighted by atomic mass is 10.1. The summed E-state index contributed by atoms with van der Waals surface area (Å²) < 4.78 is 0. The Labute approximate surface area is 79.2 Å². The first-order chi connectivity index (χ1) is 6.02. The van der Waals surface area contributed by atoms with E-state index in [9.17, 15) is 4.79 Å². The van der Waals surface area contributed by atoms with Crippen LogP contribution in [0.1, 0.15) is 0 Å². The monoisotopic (exact) mass is 180 g/mol. The molecular weight excluding hydrogens is 164 g/mol. The van der Waals surface area contributed by atoms with Gasteiger partial charge in [0.05, 0.1) is 0 Å². The lowest BCUT2D eigenvalue weighted by Gasteiger charge is -2.12. The van der Waals surface area contributed by atoms with Crippen LogP contribution in [0.5, 0.6) is 0 Å². The number of amides is 1. The number of likely N-dealkylation sites (N-methyl/N-ethyl adjacent to an activating group) is 1. The van der Waals surface area contributed by atoms with Gasteiger partial charge in [-0.05, 0) is 19.7 Å². The number of carbonyl (C=O) groups is 1. The Kier molecular flexibility index (Phi) is 4.77. The van der Waals surface area contributed by atoms with Crippen molar-refractivity contribution in [2.75, 3.05) is 20.6 Å². The van der Waals surface area contributed by atoms with Crippen molar-refractivity contribution in [2.24, 2.45) is 5.73 Å². The Balaban J connectivity index is 4.93. The zero-order chi connectivity index (χ0) is 10.4. The van der Waals surface area contributed by atoms with E-state index in [4.69, 9.17) is 5.73 Å². The molecule has 0 radical (unpaired) electrons. The summed E-state index contributed by atoms with van der Waals surface area (Å²) in [5, 5.41) is 0. The number of primary amides is 1. The van der Waals surface area contributed by atoms with E-state index in [0.717, 1.165) is 5.57 Å². The third-order valence-corrected chi connectivity index (χ3v) is 1.55. The molecule has 1 amide bonds. The van der Waals surface area contributed by atoms with Gasteiger partial charge in [-0.1, -0.05) is 25.3 Å². The summed E-state index contributed by atoms with van der Waals surface area (Å²) in [6.45, 7) is 7.79. The molecule has 0 aromatic rings.